The number of carbonyl (C=O) groups is 1. The minimum Gasteiger partial charge on any atom is -0.488 e. The van der Waals surface area contributed by atoms with E-state index < -0.39 is 17.4 Å². The van der Waals surface area contributed by atoms with Crippen molar-refractivity contribution < 1.29 is 23.0 Å². The summed E-state index contributed by atoms with van der Waals surface area (Å²) in [4.78, 5) is 12.6. The first kappa shape index (κ1) is 25.7. The van der Waals surface area contributed by atoms with Crippen molar-refractivity contribution in [2.45, 2.75) is 77.6 Å². The van der Waals surface area contributed by atoms with Crippen LogP contribution < -0.4 is 9.47 Å². The molecule has 2 saturated carbocycles. The third-order valence-corrected chi connectivity index (χ3v) is 8.20. The number of hydrogen-bond acceptors (Lipinski definition) is 3. The molecule has 190 valence electrons. The fourth-order valence-electron chi connectivity index (χ4n) is 6.22. The molecule has 0 aliphatic heterocycles. The third-order valence-electron chi connectivity index (χ3n) is 8.20. The Kier molecular flexibility index (Phi) is 8.80. The molecule has 0 saturated heterocycles. The normalized spacial score (nSPS) is 25.6. The molecule has 0 bridgehead atoms. The van der Waals surface area contributed by atoms with Crippen LogP contribution in [-0.4, -0.2) is 12.6 Å². The molecule has 2 aliphatic carbocycles. The second-order valence-corrected chi connectivity index (χ2v) is 10.5. The van der Waals surface area contributed by atoms with Crippen LogP contribution in [-0.2, 0) is 4.79 Å². The zero-order valence-electron chi connectivity index (χ0n) is 21.0. The van der Waals surface area contributed by atoms with E-state index in [-0.39, 0.29) is 24.2 Å². The first-order chi connectivity index (χ1) is 16.9. The molecule has 0 heterocycles. The Morgan fingerprint density at radius 3 is 2.06 bits per heavy atom. The standard InChI is InChI=1S/C30H38F2O3/c1-3-34-29-27(31)18-26(19-28(29)32)35-30(33)25-15-13-24(14-16-25)23-11-9-21(10-12-23)17-20(2)22-7-5-4-6-8-22/h4-8,18-21,23-25H,3,9-17H2,1-2H3. The molecule has 4 rings (SSSR count). The molecule has 0 aromatic heterocycles. The van der Waals surface area contributed by atoms with Gasteiger partial charge in [-0.05, 0) is 81.1 Å². The van der Waals surface area contributed by atoms with E-state index in [9.17, 15) is 13.6 Å². The summed E-state index contributed by atoms with van der Waals surface area (Å²) in [6.45, 7) is 4.16. The van der Waals surface area contributed by atoms with Crippen molar-refractivity contribution in [3.8, 4) is 11.5 Å². The van der Waals surface area contributed by atoms with Crippen LogP contribution >= 0.6 is 0 Å². The number of benzene rings is 2. The molecule has 2 fully saturated rings. The Bertz CT molecular complexity index is 938. The molecular formula is C30H38F2O3. The van der Waals surface area contributed by atoms with E-state index in [1.165, 1.54) is 37.7 Å². The second-order valence-electron chi connectivity index (χ2n) is 10.5. The van der Waals surface area contributed by atoms with Gasteiger partial charge in [0.1, 0.15) is 5.75 Å². The molecule has 5 heteroatoms. The summed E-state index contributed by atoms with van der Waals surface area (Å²) >= 11 is 0. The molecule has 0 N–H and O–H groups in total. The zero-order valence-corrected chi connectivity index (χ0v) is 21.0. The Morgan fingerprint density at radius 2 is 1.49 bits per heavy atom. The predicted molar refractivity (Wildman–Crippen MR) is 134 cm³/mol. The van der Waals surface area contributed by atoms with Crippen molar-refractivity contribution in [2.75, 3.05) is 6.61 Å². The highest BCUT2D eigenvalue weighted by atomic mass is 19.1. The maximum atomic E-state index is 14.1. The first-order valence-corrected chi connectivity index (χ1v) is 13.3. The van der Waals surface area contributed by atoms with Gasteiger partial charge in [0.2, 0.25) is 0 Å². The van der Waals surface area contributed by atoms with Crippen LogP contribution in [0.1, 0.15) is 83.1 Å². The second kappa shape index (κ2) is 12.0. The molecule has 2 aromatic rings. The number of esters is 1. The molecule has 3 nitrogen and oxygen atoms in total. The number of rotatable bonds is 8. The Morgan fingerprint density at radius 1 is 0.914 bits per heavy atom. The fraction of sp³-hybridized carbons (Fsp3) is 0.567. The number of carbonyl (C=O) groups excluding carboxylic acids is 1. The lowest BCUT2D eigenvalue weighted by atomic mass is 9.68. The highest BCUT2D eigenvalue weighted by Crippen LogP contribution is 2.43. The Balaban J connectivity index is 1.21. The van der Waals surface area contributed by atoms with E-state index in [0.717, 1.165) is 49.7 Å². The average Bonchev–Trinajstić information content (AvgIpc) is 2.87. The summed E-state index contributed by atoms with van der Waals surface area (Å²) in [5.74, 6) is 0.0163. The fourth-order valence-corrected chi connectivity index (χ4v) is 6.22. The van der Waals surface area contributed by atoms with Gasteiger partial charge in [-0.3, -0.25) is 4.79 Å². The summed E-state index contributed by atoms with van der Waals surface area (Å²) in [5.41, 5.74) is 1.44. The van der Waals surface area contributed by atoms with Crippen LogP contribution in [0.4, 0.5) is 8.78 Å². The van der Waals surface area contributed by atoms with Crippen molar-refractivity contribution in [1.82, 2.24) is 0 Å². The average molecular weight is 485 g/mol. The van der Waals surface area contributed by atoms with Crippen molar-refractivity contribution >= 4 is 5.97 Å². The molecule has 2 aromatic carbocycles. The smallest absolute Gasteiger partial charge is 0.314 e. The highest BCUT2D eigenvalue weighted by molar-refractivity contribution is 5.75. The van der Waals surface area contributed by atoms with Gasteiger partial charge in [0.15, 0.2) is 17.4 Å². The molecule has 1 unspecified atom stereocenters. The van der Waals surface area contributed by atoms with Crippen LogP contribution in [0.25, 0.3) is 0 Å². The summed E-state index contributed by atoms with van der Waals surface area (Å²) in [6, 6.07) is 12.9. The van der Waals surface area contributed by atoms with Crippen molar-refractivity contribution in [3.05, 3.63) is 59.7 Å². The summed E-state index contributed by atoms with van der Waals surface area (Å²) in [5, 5.41) is 0. The molecule has 35 heavy (non-hydrogen) atoms. The maximum Gasteiger partial charge on any atom is 0.314 e. The van der Waals surface area contributed by atoms with Crippen molar-refractivity contribution in [2.24, 2.45) is 23.7 Å². The molecule has 0 spiro atoms. The quantitative estimate of drug-likeness (QED) is 0.281. The molecule has 0 amide bonds. The Labute approximate surface area is 208 Å². The number of ether oxygens (including phenoxy) is 2. The first-order valence-electron chi connectivity index (χ1n) is 13.3. The van der Waals surface area contributed by atoms with Gasteiger partial charge in [0, 0.05) is 12.1 Å². The lowest BCUT2D eigenvalue weighted by Crippen LogP contribution is -2.30. The SMILES string of the molecule is CCOc1c(F)cc(OC(=O)C2CCC(C3CCC(CC(C)c4ccccc4)CC3)CC2)cc1F. The summed E-state index contributed by atoms with van der Waals surface area (Å²) in [7, 11) is 0. The molecule has 1 atom stereocenters. The van der Waals surface area contributed by atoms with Gasteiger partial charge in [-0.15, -0.1) is 0 Å². The number of hydrogen-bond donors (Lipinski definition) is 0. The minimum atomic E-state index is -0.855. The summed E-state index contributed by atoms with van der Waals surface area (Å²) in [6.07, 6.45) is 10.1. The van der Waals surface area contributed by atoms with Crippen molar-refractivity contribution in [3.63, 3.8) is 0 Å². The van der Waals surface area contributed by atoms with Gasteiger partial charge >= 0.3 is 5.97 Å². The minimum absolute atomic E-state index is 0.0985. The van der Waals surface area contributed by atoms with Crippen molar-refractivity contribution in [1.29, 1.82) is 0 Å². The maximum absolute atomic E-state index is 14.1. The third kappa shape index (κ3) is 6.62. The lowest BCUT2D eigenvalue weighted by Gasteiger charge is -2.38. The highest BCUT2D eigenvalue weighted by Gasteiger charge is 2.34. The van der Waals surface area contributed by atoms with E-state index in [2.05, 4.69) is 37.3 Å². The predicted octanol–water partition coefficient (Wildman–Crippen LogP) is 8.08. The number of halogens is 2. The largest absolute Gasteiger partial charge is 0.488 e. The van der Waals surface area contributed by atoms with Crippen LogP contribution in [0, 0.1) is 35.3 Å². The zero-order chi connectivity index (χ0) is 24.8. The van der Waals surface area contributed by atoms with Crippen LogP contribution in [0.15, 0.2) is 42.5 Å². The molecule has 2 aliphatic rings. The lowest BCUT2D eigenvalue weighted by molar-refractivity contribution is -0.140. The van der Waals surface area contributed by atoms with E-state index in [1.54, 1.807) is 6.92 Å². The van der Waals surface area contributed by atoms with E-state index in [0.29, 0.717) is 11.8 Å². The monoisotopic (exact) mass is 484 g/mol. The van der Waals surface area contributed by atoms with Gasteiger partial charge in [0.05, 0.1) is 12.5 Å². The van der Waals surface area contributed by atoms with Crippen LogP contribution in [0.2, 0.25) is 0 Å². The van der Waals surface area contributed by atoms with Crippen LogP contribution in [0.3, 0.4) is 0 Å². The van der Waals surface area contributed by atoms with Crippen LogP contribution in [0.5, 0.6) is 11.5 Å². The van der Waals surface area contributed by atoms with Gasteiger partial charge < -0.3 is 9.47 Å². The van der Waals surface area contributed by atoms with E-state index in [1.807, 2.05) is 0 Å². The van der Waals surface area contributed by atoms with E-state index >= 15 is 0 Å². The molecular weight excluding hydrogens is 446 g/mol. The van der Waals surface area contributed by atoms with Gasteiger partial charge in [0.25, 0.3) is 0 Å². The molecule has 0 radical (unpaired) electrons. The van der Waals surface area contributed by atoms with Gasteiger partial charge in [-0.25, -0.2) is 8.78 Å². The van der Waals surface area contributed by atoms with Gasteiger partial charge in [-0.1, -0.05) is 50.1 Å². The van der Waals surface area contributed by atoms with E-state index in [4.69, 9.17) is 9.47 Å². The Hall–Kier alpha value is -2.43. The van der Waals surface area contributed by atoms with Gasteiger partial charge in [-0.2, -0.15) is 0 Å². The summed E-state index contributed by atoms with van der Waals surface area (Å²) < 4.78 is 38.5. The topological polar surface area (TPSA) is 35.5 Å².